The number of hydrogen-bond acceptors (Lipinski definition) is 8. The molecule has 2 aromatic rings. The molecule has 0 spiro atoms. The van der Waals surface area contributed by atoms with E-state index in [9.17, 15) is 13.6 Å². The molecule has 0 aliphatic carbocycles. The van der Waals surface area contributed by atoms with Crippen LogP contribution in [0.2, 0.25) is 0 Å². The molecule has 1 aromatic carbocycles. The number of fused-ring (bicyclic) bond motifs is 4. The fraction of sp³-hybridized carbons (Fsp3) is 0.621. The van der Waals surface area contributed by atoms with E-state index < -0.39 is 28.9 Å². The van der Waals surface area contributed by atoms with Crippen LogP contribution in [0.15, 0.2) is 18.2 Å². The standard InChI is InChI=1S/C29H36F3N5O4/c1-16-9-29(10-17(30)12-36(29)11-16)15-40-26-33-23-20(31)8-21(32)24(39-5)22(23)25(34-26)35-13-18-6-7-19(14-35)37(18)27(38)41-28(2,3)4/h8,17-19H,1,6-7,9-15H2,2-5H3/t17-,18?,19?,29+/m0/s1. The van der Waals surface area contributed by atoms with Crippen LogP contribution >= 0.6 is 0 Å². The third-order valence-electron chi connectivity index (χ3n) is 8.54. The average molecular weight is 576 g/mol. The van der Waals surface area contributed by atoms with Crippen LogP contribution < -0.4 is 14.4 Å². The molecule has 6 rings (SSSR count). The quantitative estimate of drug-likeness (QED) is 0.478. The van der Waals surface area contributed by atoms with Crippen molar-refractivity contribution in [1.29, 1.82) is 0 Å². The molecule has 4 aliphatic heterocycles. The van der Waals surface area contributed by atoms with Crippen molar-refractivity contribution < 1.29 is 32.2 Å². The van der Waals surface area contributed by atoms with Crippen LogP contribution in [0.1, 0.15) is 46.5 Å². The van der Waals surface area contributed by atoms with Gasteiger partial charge in [-0.25, -0.2) is 18.0 Å². The summed E-state index contributed by atoms with van der Waals surface area (Å²) >= 11 is 0. The van der Waals surface area contributed by atoms with Crippen LogP contribution in [0, 0.1) is 11.6 Å². The minimum absolute atomic E-state index is 0.0869. The Hall–Kier alpha value is -3.28. The number of hydrogen-bond donors (Lipinski definition) is 0. The Kier molecular flexibility index (Phi) is 6.74. The van der Waals surface area contributed by atoms with Crippen molar-refractivity contribution in [3.05, 3.63) is 29.9 Å². The van der Waals surface area contributed by atoms with Gasteiger partial charge >= 0.3 is 12.1 Å². The number of aromatic nitrogens is 2. The summed E-state index contributed by atoms with van der Waals surface area (Å²) < 4.78 is 61.6. The van der Waals surface area contributed by atoms with Crippen molar-refractivity contribution in [2.24, 2.45) is 0 Å². The van der Waals surface area contributed by atoms with E-state index in [1.165, 1.54) is 7.11 Å². The number of amides is 1. The fourth-order valence-corrected chi connectivity index (χ4v) is 7.00. The van der Waals surface area contributed by atoms with Crippen molar-refractivity contribution in [2.75, 3.05) is 44.8 Å². The average Bonchev–Trinajstić information content (AvgIpc) is 3.44. The summed E-state index contributed by atoms with van der Waals surface area (Å²) in [5.74, 6) is -1.65. The molecule has 5 heterocycles. The summed E-state index contributed by atoms with van der Waals surface area (Å²) in [7, 11) is 1.31. The van der Waals surface area contributed by atoms with E-state index in [4.69, 9.17) is 14.2 Å². The third kappa shape index (κ3) is 4.93. The summed E-state index contributed by atoms with van der Waals surface area (Å²) in [6, 6.07) is 0.313. The number of carbonyl (C=O) groups is 1. The molecule has 4 aliphatic rings. The van der Waals surface area contributed by atoms with Gasteiger partial charge in [0.2, 0.25) is 0 Å². The molecule has 2 bridgehead atoms. The summed E-state index contributed by atoms with van der Waals surface area (Å²) in [4.78, 5) is 27.7. The zero-order valence-corrected chi connectivity index (χ0v) is 23.9. The Morgan fingerprint density at radius 1 is 1.15 bits per heavy atom. The van der Waals surface area contributed by atoms with Crippen molar-refractivity contribution in [3.63, 3.8) is 0 Å². The van der Waals surface area contributed by atoms with Gasteiger partial charge in [-0.1, -0.05) is 12.2 Å². The van der Waals surface area contributed by atoms with Gasteiger partial charge in [0.25, 0.3) is 0 Å². The van der Waals surface area contributed by atoms with Crippen LogP contribution in [0.25, 0.3) is 10.9 Å². The van der Waals surface area contributed by atoms with Crippen LogP contribution in [-0.2, 0) is 4.74 Å². The number of piperazine rings is 1. The molecule has 0 saturated carbocycles. The Morgan fingerprint density at radius 3 is 2.51 bits per heavy atom. The summed E-state index contributed by atoms with van der Waals surface area (Å²) in [6.45, 7) is 11.3. The highest BCUT2D eigenvalue weighted by Crippen LogP contribution is 2.44. The topological polar surface area (TPSA) is 80.3 Å². The van der Waals surface area contributed by atoms with Gasteiger partial charge in [0.1, 0.15) is 29.7 Å². The molecular formula is C29H36F3N5O4. The molecule has 41 heavy (non-hydrogen) atoms. The number of benzene rings is 1. The molecule has 4 atom stereocenters. The van der Waals surface area contributed by atoms with Gasteiger partial charge in [-0.2, -0.15) is 9.97 Å². The molecule has 2 unspecified atom stereocenters. The number of ether oxygens (including phenoxy) is 3. The summed E-state index contributed by atoms with van der Waals surface area (Å²) in [5, 5.41) is 0.0983. The van der Waals surface area contributed by atoms with E-state index in [1.54, 1.807) is 4.90 Å². The Bertz CT molecular complexity index is 1390. The van der Waals surface area contributed by atoms with E-state index in [1.807, 2.05) is 30.6 Å². The highest BCUT2D eigenvalue weighted by atomic mass is 19.1. The van der Waals surface area contributed by atoms with E-state index in [0.717, 1.165) is 24.5 Å². The number of nitrogens with zero attached hydrogens (tertiary/aromatic N) is 5. The Morgan fingerprint density at radius 2 is 1.85 bits per heavy atom. The summed E-state index contributed by atoms with van der Waals surface area (Å²) in [6.07, 6.45) is 1.08. The molecule has 4 saturated heterocycles. The lowest BCUT2D eigenvalue weighted by molar-refractivity contribution is 0.0122. The number of anilines is 1. The number of methoxy groups -OCH3 is 1. The lowest BCUT2D eigenvalue weighted by atomic mass is 9.93. The minimum atomic E-state index is -0.971. The summed E-state index contributed by atoms with van der Waals surface area (Å²) in [5.41, 5.74) is -0.324. The first-order valence-corrected chi connectivity index (χ1v) is 14.1. The number of carbonyl (C=O) groups excluding carboxylic acids is 1. The predicted octanol–water partition coefficient (Wildman–Crippen LogP) is 4.63. The highest BCUT2D eigenvalue weighted by Gasteiger charge is 2.51. The van der Waals surface area contributed by atoms with Gasteiger partial charge in [0.05, 0.1) is 30.1 Å². The number of halogens is 3. The van der Waals surface area contributed by atoms with Gasteiger partial charge < -0.3 is 19.1 Å². The monoisotopic (exact) mass is 575 g/mol. The maximum Gasteiger partial charge on any atom is 0.410 e. The van der Waals surface area contributed by atoms with Crippen LogP contribution in [0.5, 0.6) is 11.8 Å². The van der Waals surface area contributed by atoms with Crippen LogP contribution in [0.3, 0.4) is 0 Å². The van der Waals surface area contributed by atoms with E-state index >= 15 is 4.39 Å². The van der Waals surface area contributed by atoms with Gasteiger partial charge in [-0.3, -0.25) is 9.80 Å². The zero-order valence-electron chi connectivity index (χ0n) is 23.9. The van der Waals surface area contributed by atoms with Gasteiger partial charge in [-0.15, -0.1) is 0 Å². The Labute approximate surface area is 237 Å². The van der Waals surface area contributed by atoms with E-state index in [-0.39, 0.29) is 53.3 Å². The normalized spacial score (nSPS) is 28.0. The number of alkyl halides is 1. The molecule has 1 amide bonds. The van der Waals surface area contributed by atoms with Crippen LogP contribution in [-0.4, -0.2) is 95.2 Å². The van der Waals surface area contributed by atoms with Crippen molar-refractivity contribution in [2.45, 2.75) is 75.8 Å². The van der Waals surface area contributed by atoms with Crippen molar-refractivity contribution >= 4 is 22.8 Å². The molecule has 9 nitrogen and oxygen atoms in total. The lowest BCUT2D eigenvalue weighted by Crippen LogP contribution is -2.57. The van der Waals surface area contributed by atoms with E-state index in [0.29, 0.717) is 39.0 Å². The lowest BCUT2D eigenvalue weighted by Gasteiger charge is -2.42. The second-order valence-corrected chi connectivity index (χ2v) is 12.7. The SMILES string of the molecule is C=C1CN2C[C@@H](F)C[C@@]2(COc2nc(N3CC4CCC(C3)N4C(=O)OC(C)(C)C)c3c(OC)c(F)cc(F)c3n2)C1. The maximum atomic E-state index is 15.2. The molecule has 4 fully saturated rings. The maximum absolute atomic E-state index is 15.2. The largest absolute Gasteiger partial charge is 0.493 e. The predicted molar refractivity (Wildman–Crippen MR) is 146 cm³/mol. The molecule has 12 heteroatoms. The number of rotatable bonds is 5. The van der Waals surface area contributed by atoms with Crippen LogP contribution in [0.4, 0.5) is 23.8 Å². The molecular weight excluding hydrogens is 539 g/mol. The zero-order chi connectivity index (χ0) is 29.3. The Balaban J connectivity index is 1.35. The fourth-order valence-electron chi connectivity index (χ4n) is 7.00. The first kappa shape index (κ1) is 27.9. The first-order valence-electron chi connectivity index (χ1n) is 14.1. The van der Waals surface area contributed by atoms with E-state index in [2.05, 4.69) is 16.5 Å². The second kappa shape index (κ2) is 9.92. The van der Waals surface area contributed by atoms with Gasteiger partial charge in [0.15, 0.2) is 17.4 Å². The third-order valence-corrected chi connectivity index (χ3v) is 8.54. The minimum Gasteiger partial charge on any atom is -0.493 e. The second-order valence-electron chi connectivity index (χ2n) is 12.7. The molecule has 0 N–H and O–H groups in total. The van der Waals surface area contributed by atoms with Crippen molar-refractivity contribution in [1.82, 2.24) is 19.8 Å². The first-order chi connectivity index (χ1) is 19.4. The molecule has 0 radical (unpaired) electrons. The van der Waals surface area contributed by atoms with Crippen molar-refractivity contribution in [3.8, 4) is 11.8 Å². The molecule has 222 valence electrons. The molecule has 1 aromatic heterocycles. The van der Waals surface area contributed by atoms with Gasteiger partial charge in [-0.05, 0) is 40.0 Å². The smallest absolute Gasteiger partial charge is 0.410 e. The van der Waals surface area contributed by atoms with Gasteiger partial charge in [0, 0.05) is 38.7 Å². The highest BCUT2D eigenvalue weighted by molar-refractivity contribution is 5.96.